The highest BCUT2D eigenvalue weighted by Crippen LogP contribution is 2.25. The predicted molar refractivity (Wildman–Crippen MR) is 103 cm³/mol. The molecule has 4 rings (SSSR count). The second-order valence-electron chi connectivity index (χ2n) is 6.39. The number of rotatable bonds is 5. The van der Waals surface area contributed by atoms with Crippen LogP contribution < -0.4 is 5.32 Å². The Hall–Kier alpha value is -3.94. The van der Waals surface area contributed by atoms with Gasteiger partial charge in [0.25, 0.3) is 5.91 Å². The number of carbonyl (C=O) groups is 1. The van der Waals surface area contributed by atoms with Gasteiger partial charge in [-0.2, -0.15) is 5.10 Å². The van der Waals surface area contributed by atoms with E-state index in [-0.39, 0.29) is 23.7 Å². The third-order valence-corrected chi connectivity index (χ3v) is 4.48. The van der Waals surface area contributed by atoms with Gasteiger partial charge in [-0.05, 0) is 19.1 Å². The Morgan fingerprint density at radius 3 is 2.66 bits per heavy atom. The summed E-state index contributed by atoms with van der Waals surface area (Å²) in [6.07, 6.45) is 1.18. The number of benzene rings is 2. The SMILES string of the molecule is Cc1c(CNC(=O)c2nn(-c3ccccc3F)cc2O)noc1-c1ccccc1. The maximum atomic E-state index is 13.9. The number of halogens is 1. The highest BCUT2D eigenvalue weighted by atomic mass is 19.1. The molecule has 0 atom stereocenters. The van der Waals surface area contributed by atoms with Crippen LogP contribution in [0.25, 0.3) is 17.0 Å². The lowest BCUT2D eigenvalue weighted by molar-refractivity contribution is 0.0942. The first-order valence-electron chi connectivity index (χ1n) is 8.87. The summed E-state index contributed by atoms with van der Waals surface area (Å²) < 4.78 is 20.4. The smallest absolute Gasteiger partial charge is 0.275 e. The maximum absolute atomic E-state index is 13.9. The summed E-state index contributed by atoms with van der Waals surface area (Å²) in [6, 6.07) is 15.4. The Morgan fingerprint density at radius 2 is 1.90 bits per heavy atom. The number of amides is 1. The summed E-state index contributed by atoms with van der Waals surface area (Å²) >= 11 is 0. The Bertz CT molecular complexity index is 1170. The number of nitrogens with one attached hydrogen (secondary N) is 1. The van der Waals surface area contributed by atoms with Gasteiger partial charge in [0, 0.05) is 11.1 Å². The molecule has 0 spiro atoms. The molecule has 7 nitrogen and oxygen atoms in total. The fourth-order valence-corrected chi connectivity index (χ4v) is 2.93. The van der Waals surface area contributed by atoms with E-state index in [0.717, 1.165) is 15.8 Å². The first-order valence-corrected chi connectivity index (χ1v) is 8.87. The number of hydrogen-bond acceptors (Lipinski definition) is 5. The number of aromatic nitrogens is 3. The van der Waals surface area contributed by atoms with Gasteiger partial charge in [-0.1, -0.05) is 47.6 Å². The van der Waals surface area contributed by atoms with Gasteiger partial charge in [-0.3, -0.25) is 4.79 Å². The van der Waals surface area contributed by atoms with E-state index in [4.69, 9.17) is 4.52 Å². The molecule has 2 aromatic carbocycles. The summed E-state index contributed by atoms with van der Waals surface area (Å²) in [5, 5.41) is 20.7. The van der Waals surface area contributed by atoms with Crippen LogP contribution in [0, 0.1) is 12.7 Å². The van der Waals surface area contributed by atoms with Gasteiger partial charge in [-0.25, -0.2) is 9.07 Å². The molecule has 0 bridgehead atoms. The summed E-state index contributed by atoms with van der Waals surface area (Å²) in [7, 11) is 0. The molecule has 2 heterocycles. The van der Waals surface area contributed by atoms with Crippen LogP contribution in [0.3, 0.4) is 0 Å². The van der Waals surface area contributed by atoms with Gasteiger partial charge >= 0.3 is 0 Å². The van der Waals surface area contributed by atoms with Crippen molar-refractivity contribution >= 4 is 5.91 Å². The lowest BCUT2D eigenvalue weighted by atomic mass is 10.1. The van der Waals surface area contributed by atoms with Crippen molar-refractivity contribution in [2.45, 2.75) is 13.5 Å². The first-order chi connectivity index (χ1) is 14.0. The van der Waals surface area contributed by atoms with Gasteiger partial charge in [0.1, 0.15) is 17.2 Å². The second kappa shape index (κ2) is 7.59. The van der Waals surface area contributed by atoms with E-state index in [1.807, 2.05) is 37.3 Å². The van der Waals surface area contributed by atoms with Crippen LogP contribution in [0.15, 0.2) is 65.3 Å². The van der Waals surface area contributed by atoms with Crippen LogP contribution in [0.5, 0.6) is 5.75 Å². The lowest BCUT2D eigenvalue weighted by Crippen LogP contribution is -2.24. The number of aromatic hydroxyl groups is 1. The Kier molecular flexibility index (Phi) is 4.82. The van der Waals surface area contributed by atoms with Gasteiger partial charge in [0.15, 0.2) is 17.2 Å². The molecule has 0 aliphatic rings. The Balaban J connectivity index is 1.50. The third kappa shape index (κ3) is 3.60. The van der Waals surface area contributed by atoms with Crippen LogP contribution in [-0.4, -0.2) is 26.0 Å². The first kappa shape index (κ1) is 18.4. The van der Waals surface area contributed by atoms with Gasteiger partial charge in [0.2, 0.25) is 0 Å². The van der Waals surface area contributed by atoms with Crippen molar-refractivity contribution in [1.29, 1.82) is 0 Å². The molecule has 1 amide bonds. The van der Waals surface area contributed by atoms with Crippen molar-refractivity contribution in [1.82, 2.24) is 20.3 Å². The normalized spacial score (nSPS) is 10.8. The van der Waals surface area contributed by atoms with Gasteiger partial charge in [-0.15, -0.1) is 0 Å². The summed E-state index contributed by atoms with van der Waals surface area (Å²) in [4.78, 5) is 12.5. The molecule has 0 saturated carbocycles. The Labute approximate surface area is 165 Å². The standard InChI is InChI=1S/C21H17FN4O3/c1-13-16(25-29-20(13)14-7-3-2-4-8-14)11-23-21(28)19-18(27)12-26(24-19)17-10-6-5-9-15(17)22/h2-10,12,27H,11H2,1H3,(H,23,28). The molecule has 0 fully saturated rings. The van der Waals surface area contributed by atoms with E-state index < -0.39 is 11.7 Å². The highest BCUT2D eigenvalue weighted by Gasteiger charge is 2.20. The number of carbonyl (C=O) groups excluding carboxylic acids is 1. The summed E-state index contributed by atoms with van der Waals surface area (Å²) in [6.45, 7) is 1.94. The average molecular weight is 392 g/mol. The van der Waals surface area contributed by atoms with E-state index in [2.05, 4.69) is 15.6 Å². The predicted octanol–water partition coefficient (Wildman–Crippen LogP) is 3.61. The minimum atomic E-state index is -0.610. The topological polar surface area (TPSA) is 93.2 Å². The zero-order valence-corrected chi connectivity index (χ0v) is 15.5. The average Bonchev–Trinajstić information content (AvgIpc) is 3.30. The van der Waals surface area contributed by atoms with Crippen molar-refractivity contribution in [3.63, 3.8) is 0 Å². The largest absolute Gasteiger partial charge is 0.504 e. The summed E-state index contributed by atoms with van der Waals surface area (Å²) in [5.74, 6) is -0.857. The zero-order chi connectivity index (χ0) is 20.4. The van der Waals surface area contributed by atoms with Crippen molar-refractivity contribution < 1.29 is 18.8 Å². The molecule has 0 radical (unpaired) electrons. The number of hydrogen-bond donors (Lipinski definition) is 2. The van der Waals surface area contributed by atoms with Crippen molar-refractivity contribution in [2.24, 2.45) is 0 Å². The van der Waals surface area contributed by atoms with Crippen LogP contribution >= 0.6 is 0 Å². The molecular weight excluding hydrogens is 375 g/mol. The molecule has 0 unspecified atom stereocenters. The minimum absolute atomic E-state index is 0.0903. The fraction of sp³-hybridized carbons (Fsp3) is 0.0952. The number of para-hydroxylation sites is 1. The molecule has 4 aromatic rings. The summed E-state index contributed by atoms with van der Waals surface area (Å²) in [5.41, 5.74) is 2.17. The van der Waals surface area contributed by atoms with Crippen molar-refractivity contribution in [3.8, 4) is 22.8 Å². The quantitative estimate of drug-likeness (QED) is 0.541. The van der Waals surface area contributed by atoms with E-state index in [0.29, 0.717) is 11.5 Å². The van der Waals surface area contributed by atoms with Crippen LogP contribution in [0.1, 0.15) is 21.7 Å². The third-order valence-electron chi connectivity index (χ3n) is 4.48. The minimum Gasteiger partial charge on any atom is -0.504 e. The molecule has 29 heavy (non-hydrogen) atoms. The van der Waals surface area contributed by atoms with E-state index >= 15 is 0 Å². The molecule has 2 aromatic heterocycles. The zero-order valence-electron chi connectivity index (χ0n) is 15.5. The van der Waals surface area contributed by atoms with Crippen molar-refractivity contribution in [2.75, 3.05) is 0 Å². The van der Waals surface area contributed by atoms with E-state index in [1.165, 1.54) is 18.3 Å². The van der Waals surface area contributed by atoms with E-state index in [1.54, 1.807) is 12.1 Å². The van der Waals surface area contributed by atoms with Gasteiger partial charge < -0.3 is 14.9 Å². The Morgan fingerprint density at radius 1 is 1.17 bits per heavy atom. The maximum Gasteiger partial charge on any atom is 0.275 e. The van der Waals surface area contributed by atoms with Crippen LogP contribution in [0.4, 0.5) is 4.39 Å². The lowest BCUT2D eigenvalue weighted by Gasteiger charge is -2.03. The molecule has 0 aliphatic carbocycles. The second-order valence-corrected chi connectivity index (χ2v) is 6.39. The molecule has 0 saturated heterocycles. The highest BCUT2D eigenvalue weighted by molar-refractivity contribution is 5.94. The van der Waals surface area contributed by atoms with Crippen molar-refractivity contribution in [3.05, 3.63) is 83.6 Å². The van der Waals surface area contributed by atoms with Gasteiger partial charge in [0.05, 0.1) is 12.7 Å². The molecule has 8 heteroatoms. The molecule has 146 valence electrons. The van der Waals surface area contributed by atoms with E-state index in [9.17, 15) is 14.3 Å². The molecular formula is C21H17FN4O3. The number of nitrogens with zero attached hydrogens (tertiary/aromatic N) is 3. The molecule has 2 N–H and O–H groups in total. The fourth-order valence-electron chi connectivity index (χ4n) is 2.93. The monoisotopic (exact) mass is 392 g/mol. The van der Waals surface area contributed by atoms with Crippen LogP contribution in [-0.2, 0) is 6.54 Å². The van der Waals surface area contributed by atoms with Crippen LogP contribution in [0.2, 0.25) is 0 Å². The molecule has 0 aliphatic heterocycles.